The highest BCUT2D eigenvalue weighted by Gasteiger charge is 2.33. The highest BCUT2D eigenvalue weighted by atomic mass is 16.5. The molecular formula is C20H25N3O5. The zero-order valence-electron chi connectivity index (χ0n) is 16.6. The van der Waals surface area contributed by atoms with Crippen LogP contribution < -0.4 is 4.74 Å². The molecule has 0 N–H and O–H groups in total. The quantitative estimate of drug-likeness (QED) is 0.781. The van der Waals surface area contributed by atoms with Gasteiger partial charge in [-0.15, -0.1) is 0 Å². The molecule has 0 bridgehead atoms. The van der Waals surface area contributed by atoms with Crippen molar-refractivity contribution in [1.29, 1.82) is 0 Å². The molecule has 0 saturated carbocycles. The van der Waals surface area contributed by atoms with Crippen LogP contribution in [0.4, 0.5) is 0 Å². The largest absolute Gasteiger partial charge is 0.478 e. The van der Waals surface area contributed by atoms with Gasteiger partial charge in [-0.05, 0) is 36.7 Å². The van der Waals surface area contributed by atoms with E-state index < -0.39 is 0 Å². The highest BCUT2D eigenvalue weighted by molar-refractivity contribution is 5.98. The minimum atomic E-state index is -0.198. The van der Waals surface area contributed by atoms with E-state index in [4.69, 9.17) is 14.0 Å². The van der Waals surface area contributed by atoms with Crippen LogP contribution in [0.1, 0.15) is 39.0 Å². The molecule has 8 nitrogen and oxygen atoms in total. The summed E-state index contributed by atoms with van der Waals surface area (Å²) in [5.41, 5.74) is 1.91. The van der Waals surface area contributed by atoms with Crippen molar-refractivity contribution in [3.63, 3.8) is 0 Å². The summed E-state index contributed by atoms with van der Waals surface area (Å²) in [5, 5.41) is 3.76. The number of carbonyl (C=O) groups is 2. The number of carbonyl (C=O) groups excluding carboxylic acids is 2. The molecule has 0 spiro atoms. The standard InChI is InChI=1S/C20H25N3O5/c1-13-11-22(20(25)17-14(2)28-21-18(17)27-4)8-9-23(13)19(24)16-7-5-6-15(10-16)12-26-3/h5-7,10,13H,8-9,11-12H2,1-4H3/t13-/m0/s1. The number of ether oxygens (including phenoxy) is 2. The zero-order valence-corrected chi connectivity index (χ0v) is 16.6. The number of amides is 2. The summed E-state index contributed by atoms with van der Waals surface area (Å²) in [6.45, 7) is 5.38. The van der Waals surface area contributed by atoms with Gasteiger partial charge in [-0.1, -0.05) is 12.1 Å². The van der Waals surface area contributed by atoms with Crippen molar-refractivity contribution in [2.24, 2.45) is 0 Å². The summed E-state index contributed by atoms with van der Waals surface area (Å²) < 4.78 is 15.3. The van der Waals surface area contributed by atoms with Crippen LogP contribution in [0.2, 0.25) is 0 Å². The SMILES string of the molecule is COCc1cccc(C(=O)N2CCN(C(=O)c3c(OC)noc3C)C[C@@H]2C)c1. The Bertz CT molecular complexity index is 863. The molecular weight excluding hydrogens is 362 g/mol. The van der Waals surface area contributed by atoms with Crippen LogP contribution in [0.25, 0.3) is 0 Å². The monoisotopic (exact) mass is 387 g/mol. The minimum absolute atomic E-state index is 0.0451. The first-order chi connectivity index (χ1) is 13.5. The Hall–Kier alpha value is -2.87. The molecule has 28 heavy (non-hydrogen) atoms. The number of aryl methyl sites for hydroxylation is 1. The lowest BCUT2D eigenvalue weighted by Crippen LogP contribution is -2.55. The van der Waals surface area contributed by atoms with E-state index in [-0.39, 0.29) is 23.7 Å². The van der Waals surface area contributed by atoms with Gasteiger partial charge < -0.3 is 23.8 Å². The Balaban J connectivity index is 1.71. The van der Waals surface area contributed by atoms with Gasteiger partial charge in [0.15, 0.2) is 5.76 Å². The third-order valence-corrected chi connectivity index (χ3v) is 4.90. The first kappa shape index (κ1) is 19.9. The van der Waals surface area contributed by atoms with E-state index in [1.807, 2.05) is 25.1 Å². The maximum absolute atomic E-state index is 13.0. The smallest absolute Gasteiger partial charge is 0.267 e. The Morgan fingerprint density at radius 2 is 2.04 bits per heavy atom. The molecule has 2 amide bonds. The summed E-state index contributed by atoms with van der Waals surface area (Å²) in [7, 11) is 3.07. The van der Waals surface area contributed by atoms with Gasteiger partial charge in [-0.25, -0.2) is 0 Å². The fraction of sp³-hybridized carbons (Fsp3) is 0.450. The number of piperazine rings is 1. The van der Waals surface area contributed by atoms with Gasteiger partial charge in [0.25, 0.3) is 17.7 Å². The maximum Gasteiger partial charge on any atom is 0.267 e. The molecule has 1 atom stereocenters. The fourth-order valence-corrected chi connectivity index (χ4v) is 3.46. The molecule has 1 aliphatic rings. The van der Waals surface area contributed by atoms with Crippen LogP contribution in [0.3, 0.4) is 0 Å². The predicted molar refractivity (Wildman–Crippen MR) is 101 cm³/mol. The predicted octanol–water partition coefficient (Wildman–Crippen LogP) is 2.12. The lowest BCUT2D eigenvalue weighted by molar-refractivity contribution is 0.0412. The van der Waals surface area contributed by atoms with Crippen molar-refractivity contribution >= 4 is 11.8 Å². The summed E-state index contributed by atoms with van der Waals surface area (Å²) in [6, 6.07) is 7.31. The highest BCUT2D eigenvalue weighted by Crippen LogP contribution is 2.24. The maximum atomic E-state index is 13.0. The Kier molecular flexibility index (Phi) is 5.99. The van der Waals surface area contributed by atoms with E-state index in [0.29, 0.717) is 43.1 Å². The second-order valence-corrected chi connectivity index (χ2v) is 6.86. The van der Waals surface area contributed by atoms with E-state index in [2.05, 4.69) is 5.16 Å². The van der Waals surface area contributed by atoms with Gasteiger partial charge in [0.1, 0.15) is 5.56 Å². The average Bonchev–Trinajstić information content (AvgIpc) is 3.08. The van der Waals surface area contributed by atoms with Gasteiger partial charge in [0.2, 0.25) is 0 Å². The number of nitrogens with zero attached hydrogens (tertiary/aromatic N) is 3. The summed E-state index contributed by atoms with van der Waals surface area (Å²) >= 11 is 0. The molecule has 0 radical (unpaired) electrons. The third kappa shape index (κ3) is 3.87. The third-order valence-electron chi connectivity index (χ3n) is 4.90. The molecule has 2 heterocycles. The molecule has 8 heteroatoms. The molecule has 1 aromatic carbocycles. The number of benzene rings is 1. The Labute approximate surface area is 164 Å². The van der Waals surface area contributed by atoms with Gasteiger partial charge in [-0.2, -0.15) is 0 Å². The molecule has 0 unspecified atom stereocenters. The number of hydrogen-bond acceptors (Lipinski definition) is 6. The lowest BCUT2D eigenvalue weighted by Gasteiger charge is -2.39. The van der Waals surface area contributed by atoms with Crippen molar-refractivity contribution < 1.29 is 23.6 Å². The Morgan fingerprint density at radius 3 is 2.71 bits per heavy atom. The summed E-state index contributed by atoms with van der Waals surface area (Å²) in [6.07, 6.45) is 0. The molecule has 1 saturated heterocycles. The van der Waals surface area contributed by atoms with Crippen molar-refractivity contribution in [1.82, 2.24) is 15.0 Å². The second-order valence-electron chi connectivity index (χ2n) is 6.86. The summed E-state index contributed by atoms with van der Waals surface area (Å²) in [5.74, 6) is 0.361. The zero-order chi connectivity index (χ0) is 20.3. The first-order valence-corrected chi connectivity index (χ1v) is 9.14. The lowest BCUT2D eigenvalue weighted by atomic mass is 10.1. The van der Waals surface area contributed by atoms with Gasteiger partial charge in [0.05, 0.1) is 13.7 Å². The molecule has 1 fully saturated rings. The van der Waals surface area contributed by atoms with E-state index in [0.717, 1.165) is 5.56 Å². The van der Waals surface area contributed by atoms with Gasteiger partial charge in [-0.3, -0.25) is 9.59 Å². The molecule has 1 aliphatic heterocycles. The average molecular weight is 387 g/mol. The fourth-order valence-electron chi connectivity index (χ4n) is 3.46. The molecule has 0 aliphatic carbocycles. The van der Waals surface area contributed by atoms with Crippen molar-refractivity contribution in [3.8, 4) is 5.88 Å². The number of aromatic nitrogens is 1. The van der Waals surface area contributed by atoms with Crippen molar-refractivity contribution in [2.45, 2.75) is 26.5 Å². The van der Waals surface area contributed by atoms with Crippen LogP contribution in [0.5, 0.6) is 5.88 Å². The number of hydrogen-bond donors (Lipinski definition) is 0. The van der Waals surface area contributed by atoms with Crippen LogP contribution in [-0.4, -0.2) is 66.7 Å². The van der Waals surface area contributed by atoms with E-state index >= 15 is 0 Å². The molecule has 3 rings (SSSR count). The van der Waals surface area contributed by atoms with Crippen molar-refractivity contribution in [3.05, 3.63) is 46.7 Å². The first-order valence-electron chi connectivity index (χ1n) is 9.14. The normalized spacial score (nSPS) is 16.9. The molecule has 1 aromatic heterocycles. The number of methoxy groups -OCH3 is 2. The Morgan fingerprint density at radius 1 is 1.25 bits per heavy atom. The van der Waals surface area contributed by atoms with Crippen LogP contribution in [0.15, 0.2) is 28.8 Å². The van der Waals surface area contributed by atoms with E-state index in [1.165, 1.54) is 7.11 Å². The van der Waals surface area contributed by atoms with Crippen LogP contribution in [-0.2, 0) is 11.3 Å². The van der Waals surface area contributed by atoms with Gasteiger partial charge >= 0.3 is 0 Å². The topological polar surface area (TPSA) is 85.1 Å². The molecule has 150 valence electrons. The van der Waals surface area contributed by atoms with E-state index in [9.17, 15) is 9.59 Å². The number of rotatable bonds is 5. The second kappa shape index (κ2) is 8.43. The summed E-state index contributed by atoms with van der Waals surface area (Å²) in [4.78, 5) is 29.4. The van der Waals surface area contributed by atoms with Crippen LogP contribution >= 0.6 is 0 Å². The van der Waals surface area contributed by atoms with E-state index in [1.54, 1.807) is 29.9 Å². The minimum Gasteiger partial charge on any atom is -0.478 e. The molecule has 2 aromatic rings. The van der Waals surface area contributed by atoms with Crippen molar-refractivity contribution in [2.75, 3.05) is 33.9 Å². The van der Waals surface area contributed by atoms with Gasteiger partial charge in [0, 0.05) is 38.3 Å². The van der Waals surface area contributed by atoms with Crippen LogP contribution in [0, 0.1) is 6.92 Å².